The van der Waals surface area contributed by atoms with Crippen LogP contribution in [0, 0.1) is 5.92 Å². The lowest BCUT2D eigenvalue weighted by atomic mass is 9.81. The van der Waals surface area contributed by atoms with Crippen molar-refractivity contribution in [3.63, 3.8) is 0 Å². The predicted molar refractivity (Wildman–Crippen MR) is 132 cm³/mol. The first-order valence-electron chi connectivity index (χ1n) is 11.1. The van der Waals surface area contributed by atoms with Crippen molar-refractivity contribution in [3.05, 3.63) is 77.3 Å². The fourth-order valence-corrected chi connectivity index (χ4v) is 4.93. The van der Waals surface area contributed by atoms with Crippen molar-refractivity contribution >= 4 is 40.0 Å². The molecule has 1 saturated heterocycles. The minimum atomic E-state index is -0.915. The van der Waals surface area contributed by atoms with E-state index >= 15 is 0 Å². The summed E-state index contributed by atoms with van der Waals surface area (Å²) in [6.45, 7) is 1.96. The number of nitrogens with zero attached hydrogens (tertiary/aromatic N) is 3. The zero-order chi connectivity index (χ0) is 24.2. The van der Waals surface area contributed by atoms with Gasteiger partial charge < -0.3 is 16.0 Å². The van der Waals surface area contributed by atoms with Gasteiger partial charge in [0.2, 0.25) is 5.91 Å². The molecule has 0 bridgehead atoms. The number of carbonyl (C=O) groups is 3. The number of aromatic nitrogens is 1. The lowest BCUT2D eigenvalue weighted by Gasteiger charge is -2.45. The first kappa shape index (κ1) is 23.4. The zero-order valence-corrected chi connectivity index (χ0v) is 19.9. The van der Waals surface area contributed by atoms with Gasteiger partial charge in [-0.25, -0.2) is 9.78 Å². The highest BCUT2D eigenvalue weighted by Crippen LogP contribution is 2.34. The maximum atomic E-state index is 13.5. The Balaban J connectivity index is 1.58. The predicted octanol–water partition coefficient (Wildman–Crippen LogP) is 3.62. The van der Waals surface area contributed by atoms with Crippen LogP contribution < -0.4 is 16.0 Å². The number of hydrogen-bond donors (Lipinski definition) is 2. The maximum absolute atomic E-state index is 13.5. The molecule has 0 unspecified atom stereocenters. The molecule has 1 aliphatic heterocycles. The molecule has 1 aliphatic rings. The smallest absolute Gasteiger partial charge is 0.325 e. The quantitative estimate of drug-likeness (QED) is 0.505. The molecule has 8 nitrogen and oxygen atoms in total. The number of amides is 4. The number of imide groups is 1. The van der Waals surface area contributed by atoms with Gasteiger partial charge in [0.05, 0.1) is 17.0 Å². The summed E-state index contributed by atoms with van der Waals surface area (Å²) in [7, 11) is 1.66. The van der Waals surface area contributed by atoms with Crippen molar-refractivity contribution in [2.45, 2.75) is 31.8 Å². The van der Waals surface area contributed by atoms with Crippen LogP contribution in [-0.2, 0) is 16.0 Å². The second kappa shape index (κ2) is 10.0. The van der Waals surface area contributed by atoms with Gasteiger partial charge in [-0.05, 0) is 53.6 Å². The minimum absolute atomic E-state index is 0.272. The van der Waals surface area contributed by atoms with Crippen molar-refractivity contribution in [1.29, 1.82) is 0 Å². The molecule has 1 aromatic carbocycles. The summed E-state index contributed by atoms with van der Waals surface area (Å²) in [5.41, 5.74) is 7.52. The summed E-state index contributed by atoms with van der Waals surface area (Å²) in [6, 6.07) is 14.9. The topological polar surface area (TPSA) is 109 Å². The molecule has 4 amide bonds. The van der Waals surface area contributed by atoms with E-state index in [1.165, 1.54) is 16.2 Å². The van der Waals surface area contributed by atoms with E-state index in [2.05, 4.69) is 10.3 Å². The monoisotopic (exact) mass is 477 g/mol. The maximum Gasteiger partial charge on any atom is 0.325 e. The minimum Gasteiger partial charge on any atom is -0.384 e. The van der Waals surface area contributed by atoms with Gasteiger partial charge in [-0.1, -0.05) is 37.3 Å². The second-order valence-electron chi connectivity index (χ2n) is 8.22. The number of anilines is 2. The molecule has 9 heteroatoms. The molecule has 34 heavy (non-hydrogen) atoms. The third-order valence-corrected chi connectivity index (χ3v) is 7.01. The Morgan fingerprint density at radius 1 is 1.21 bits per heavy atom. The van der Waals surface area contributed by atoms with Gasteiger partial charge >= 0.3 is 6.03 Å². The third-order valence-electron chi connectivity index (χ3n) is 6.06. The molecule has 0 spiro atoms. The van der Waals surface area contributed by atoms with E-state index in [0.717, 1.165) is 21.0 Å². The highest BCUT2D eigenvalue weighted by atomic mass is 32.1. The fourth-order valence-electron chi connectivity index (χ4n) is 4.22. The summed E-state index contributed by atoms with van der Waals surface area (Å²) in [5.74, 6) is -1.02. The summed E-state index contributed by atoms with van der Waals surface area (Å²) in [4.78, 5) is 46.5. The number of β-lactam (4-membered cyclic amide) rings is 1. The molecular formula is C25H27N5O3S. The van der Waals surface area contributed by atoms with E-state index in [0.29, 0.717) is 18.7 Å². The summed E-state index contributed by atoms with van der Waals surface area (Å²) >= 11 is 1.42. The van der Waals surface area contributed by atoms with Gasteiger partial charge in [0.1, 0.15) is 11.9 Å². The first-order valence-corrected chi connectivity index (χ1v) is 12.0. The number of urea groups is 1. The normalized spacial score (nSPS) is 18.2. The summed E-state index contributed by atoms with van der Waals surface area (Å²) in [6.07, 6.45) is 2.50. The van der Waals surface area contributed by atoms with Gasteiger partial charge in [-0.2, -0.15) is 0 Å². The van der Waals surface area contributed by atoms with Crippen LogP contribution in [0.1, 0.15) is 30.5 Å². The molecule has 0 aliphatic carbocycles. The average Bonchev–Trinajstić information content (AvgIpc) is 3.39. The molecule has 176 valence electrons. The highest BCUT2D eigenvalue weighted by Gasteiger charge is 2.55. The van der Waals surface area contributed by atoms with E-state index in [1.54, 1.807) is 25.4 Å². The zero-order valence-electron chi connectivity index (χ0n) is 19.0. The molecule has 4 rings (SSSR count). The van der Waals surface area contributed by atoms with Gasteiger partial charge in [-0.15, -0.1) is 11.3 Å². The number of benzene rings is 1. The molecule has 3 aromatic rings. The molecule has 3 N–H and O–H groups in total. The third kappa shape index (κ3) is 4.65. The van der Waals surface area contributed by atoms with Crippen molar-refractivity contribution in [2.75, 3.05) is 17.7 Å². The van der Waals surface area contributed by atoms with Crippen LogP contribution in [0.25, 0.3) is 0 Å². The van der Waals surface area contributed by atoms with Crippen molar-refractivity contribution < 1.29 is 14.4 Å². The van der Waals surface area contributed by atoms with E-state index in [9.17, 15) is 14.4 Å². The number of nitrogen functional groups attached to an aromatic ring is 1. The molecule has 0 saturated carbocycles. The van der Waals surface area contributed by atoms with Crippen molar-refractivity contribution in [1.82, 2.24) is 15.2 Å². The number of nitrogens with one attached hydrogen (secondary N) is 1. The lowest BCUT2D eigenvalue weighted by Crippen LogP contribution is -2.70. The molecule has 0 radical (unpaired) electrons. The van der Waals surface area contributed by atoms with Crippen LogP contribution in [0.3, 0.4) is 0 Å². The number of pyridine rings is 1. The van der Waals surface area contributed by atoms with E-state index in [1.807, 2.05) is 54.8 Å². The Hall–Kier alpha value is -3.72. The number of likely N-dealkylation sites (tertiary alicyclic amines) is 1. The van der Waals surface area contributed by atoms with Crippen molar-refractivity contribution in [3.8, 4) is 0 Å². The van der Waals surface area contributed by atoms with Crippen LogP contribution in [0.5, 0.6) is 0 Å². The van der Waals surface area contributed by atoms with Gasteiger partial charge in [-0.3, -0.25) is 14.5 Å². The van der Waals surface area contributed by atoms with Crippen LogP contribution in [0.15, 0.2) is 66.2 Å². The molecule has 1 fully saturated rings. The van der Waals surface area contributed by atoms with Crippen LogP contribution in [-0.4, -0.2) is 40.8 Å². The van der Waals surface area contributed by atoms with Gasteiger partial charge in [0.25, 0.3) is 5.91 Å². The standard InChI is InChI=1S/C25H27N5O3S/c1-3-19(17-8-5-4-6-9-17)28-25(33)30-22(24(32)29(2)21-10-7-13-34-21)18(23(30)31)14-16-11-12-27-20(26)15-16/h4-13,15,18-19,22H,3,14H2,1-2H3,(H2,26,27)(H,28,33)/t18-,19-,22+/m1/s1. The fraction of sp³-hybridized carbons (Fsp3) is 0.280. The second-order valence-corrected chi connectivity index (χ2v) is 9.15. The number of hydrogen-bond acceptors (Lipinski definition) is 6. The van der Waals surface area contributed by atoms with E-state index in [-0.39, 0.29) is 17.9 Å². The Labute approximate surface area is 202 Å². The molecule has 2 aromatic heterocycles. The van der Waals surface area contributed by atoms with Crippen LogP contribution in [0.4, 0.5) is 15.6 Å². The summed E-state index contributed by atoms with van der Waals surface area (Å²) in [5, 5.41) is 5.55. The Morgan fingerprint density at radius 2 is 1.97 bits per heavy atom. The highest BCUT2D eigenvalue weighted by molar-refractivity contribution is 7.14. The van der Waals surface area contributed by atoms with Gasteiger partial charge in [0, 0.05) is 13.2 Å². The Bertz CT molecular complexity index is 1170. The number of rotatable bonds is 7. The van der Waals surface area contributed by atoms with E-state index < -0.39 is 18.0 Å². The average molecular weight is 478 g/mol. The number of likely N-dealkylation sites (N-methyl/N-ethyl adjacent to an activating group) is 1. The summed E-state index contributed by atoms with van der Waals surface area (Å²) < 4.78 is 0. The van der Waals surface area contributed by atoms with Gasteiger partial charge in [0.15, 0.2) is 0 Å². The molecule has 3 atom stereocenters. The number of nitrogens with two attached hydrogens (primary N) is 1. The molecular weight excluding hydrogens is 450 g/mol. The first-order chi connectivity index (χ1) is 16.4. The number of thiophene rings is 1. The Kier molecular flexibility index (Phi) is 6.93. The largest absolute Gasteiger partial charge is 0.384 e. The lowest BCUT2D eigenvalue weighted by molar-refractivity contribution is -0.156. The molecule has 3 heterocycles. The van der Waals surface area contributed by atoms with Crippen LogP contribution >= 0.6 is 11.3 Å². The van der Waals surface area contributed by atoms with Crippen LogP contribution in [0.2, 0.25) is 0 Å². The van der Waals surface area contributed by atoms with Crippen molar-refractivity contribution in [2.24, 2.45) is 5.92 Å². The SMILES string of the molecule is CC[C@@H](NC(=O)N1C(=O)[C@H](Cc2ccnc(N)c2)[C@H]1C(=O)N(C)c1cccs1)c1ccccc1. The Morgan fingerprint density at radius 3 is 2.62 bits per heavy atom. The van der Waals surface area contributed by atoms with E-state index in [4.69, 9.17) is 5.73 Å². The number of carbonyl (C=O) groups excluding carboxylic acids is 3.